The lowest BCUT2D eigenvalue weighted by Crippen LogP contribution is -2.50. The summed E-state index contributed by atoms with van der Waals surface area (Å²) in [6.45, 7) is 8.48. The number of carbonyl (C=O) groups is 2. The predicted octanol–water partition coefficient (Wildman–Crippen LogP) is 4.56. The molecular weight excluding hydrogens is 500 g/mol. The number of halogens is 3. The van der Waals surface area contributed by atoms with Gasteiger partial charge in [0, 0.05) is 6.54 Å². The van der Waals surface area contributed by atoms with Crippen LogP contribution in [0.4, 0.5) is 0 Å². The Morgan fingerprint density at radius 2 is 1.68 bits per heavy atom. The van der Waals surface area contributed by atoms with Crippen molar-refractivity contribution in [3.8, 4) is 0 Å². The molecule has 22 heavy (non-hydrogen) atoms. The van der Waals surface area contributed by atoms with Crippen molar-refractivity contribution in [2.24, 2.45) is 11.8 Å². The molecule has 1 aromatic rings. The molecule has 0 aliphatic heterocycles. The van der Waals surface area contributed by atoms with E-state index in [1.807, 2.05) is 27.7 Å². The number of hydrogen-bond donors (Lipinski definition) is 2. The summed E-state index contributed by atoms with van der Waals surface area (Å²) in [5, 5.41) is 5.70. The highest BCUT2D eigenvalue weighted by Crippen LogP contribution is 2.40. The normalized spacial score (nSPS) is 12.6. The van der Waals surface area contributed by atoms with Gasteiger partial charge in [-0.25, -0.2) is 0 Å². The summed E-state index contributed by atoms with van der Waals surface area (Å²) < 4.78 is 2.31. The lowest BCUT2D eigenvalue weighted by atomic mass is 10.0. The minimum absolute atomic E-state index is 0.00160. The van der Waals surface area contributed by atoms with E-state index in [2.05, 4.69) is 58.4 Å². The first kappa shape index (κ1) is 20.1. The van der Waals surface area contributed by atoms with Gasteiger partial charge < -0.3 is 10.6 Å². The molecule has 8 heteroatoms. The van der Waals surface area contributed by atoms with Crippen LogP contribution in [0.3, 0.4) is 0 Å². The van der Waals surface area contributed by atoms with Crippen LogP contribution < -0.4 is 10.6 Å². The quantitative estimate of drug-likeness (QED) is 0.580. The fraction of sp³-hybridized carbons (Fsp3) is 0.571. The summed E-state index contributed by atoms with van der Waals surface area (Å²) in [6, 6.07) is -0.558. The monoisotopic (exact) mass is 516 g/mol. The number of nitrogens with one attached hydrogen (secondary N) is 2. The Morgan fingerprint density at radius 1 is 1.09 bits per heavy atom. The molecular formula is C14H19Br3N2O2S. The Labute approximate surface area is 160 Å². The molecule has 0 radical (unpaired) electrons. The average molecular weight is 519 g/mol. The van der Waals surface area contributed by atoms with Crippen molar-refractivity contribution in [3.05, 3.63) is 17.6 Å². The molecule has 1 heterocycles. The van der Waals surface area contributed by atoms with Gasteiger partial charge in [0.1, 0.15) is 10.9 Å². The summed E-state index contributed by atoms with van der Waals surface area (Å²) >= 11 is 11.5. The van der Waals surface area contributed by atoms with Crippen LogP contribution in [0.2, 0.25) is 0 Å². The van der Waals surface area contributed by atoms with Gasteiger partial charge in [0.25, 0.3) is 5.91 Å². The molecule has 0 unspecified atom stereocenters. The topological polar surface area (TPSA) is 58.2 Å². The molecule has 0 spiro atoms. The summed E-state index contributed by atoms with van der Waals surface area (Å²) in [5.74, 6) is -0.0444. The number of hydrogen-bond acceptors (Lipinski definition) is 3. The maximum atomic E-state index is 12.4. The van der Waals surface area contributed by atoms with Gasteiger partial charge in [-0.05, 0) is 59.6 Å². The van der Waals surface area contributed by atoms with Crippen LogP contribution in [0.15, 0.2) is 12.7 Å². The van der Waals surface area contributed by atoms with E-state index in [0.29, 0.717) is 21.8 Å². The van der Waals surface area contributed by atoms with Gasteiger partial charge in [-0.15, -0.1) is 11.3 Å². The largest absolute Gasteiger partial charge is 0.354 e. The number of carbonyl (C=O) groups excluding carboxylic acids is 2. The van der Waals surface area contributed by atoms with Crippen LogP contribution in [0.1, 0.15) is 37.4 Å². The van der Waals surface area contributed by atoms with Crippen molar-refractivity contribution < 1.29 is 9.59 Å². The Morgan fingerprint density at radius 3 is 2.09 bits per heavy atom. The fourth-order valence-electron chi connectivity index (χ4n) is 1.67. The third-order valence-electron chi connectivity index (χ3n) is 2.88. The third kappa shape index (κ3) is 5.32. The van der Waals surface area contributed by atoms with Crippen LogP contribution in [0.25, 0.3) is 0 Å². The highest BCUT2D eigenvalue weighted by atomic mass is 79.9. The standard InChI is InChI=1S/C14H19Br3N2O2S/c1-6(2)5-18-13(20)10(7(3)4)19-14(21)11-8(15)9(16)12(17)22-11/h6-7,10H,5H2,1-4H3,(H,18,20)(H,19,21)/t10-/m0/s1. The summed E-state index contributed by atoms with van der Waals surface area (Å²) in [4.78, 5) is 25.2. The lowest BCUT2D eigenvalue weighted by molar-refractivity contribution is -0.124. The van der Waals surface area contributed by atoms with E-state index in [9.17, 15) is 9.59 Å². The smallest absolute Gasteiger partial charge is 0.263 e. The van der Waals surface area contributed by atoms with E-state index in [-0.39, 0.29) is 17.7 Å². The van der Waals surface area contributed by atoms with Crippen molar-refractivity contribution in [1.29, 1.82) is 0 Å². The maximum absolute atomic E-state index is 12.4. The Balaban J connectivity index is 2.84. The van der Waals surface area contributed by atoms with E-state index >= 15 is 0 Å². The Hall–Kier alpha value is 0.0800. The van der Waals surface area contributed by atoms with Gasteiger partial charge in [-0.2, -0.15) is 0 Å². The summed E-state index contributed by atoms with van der Waals surface area (Å²) in [7, 11) is 0. The Bertz CT molecular complexity index is 559. The molecule has 4 nitrogen and oxygen atoms in total. The summed E-state index contributed by atoms with van der Waals surface area (Å²) in [6.07, 6.45) is 0. The third-order valence-corrected chi connectivity index (χ3v) is 7.92. The first-order valence-electron chi connectivity index (χ1n) is 6.87. The molecule has 0 saturated heterocycles. The van der Waals surface area contributed by atoms with Gasteiger partial charge in [-0.3, -0.25) is 9.59 Å². The van der Waals surface area contributed by atoms with Crippen molar-refractivity contribution in [3.63, 3.8) is 0 Å². The Kier molecular flexibility index (Phi) is 8.05. The molecule has 0 aliphatic rings. The van der Waals surface area contributed by atoms with Crippen molar-refractivity contribution >= 4 is 70.9 Å². The summed E-state index contributed by atoms with van der Waals surface area (Å²) in [5.41, 5.74) is 0. The predicted molar refractivity (Wildman–Crippen MR) is 101 cm³/mol. The molecule has 1 aromatic heterocycles. The van der Waals surface area contributed by atoms with Gasteiger partial charge >= 0.3 is 0 Å². The second kappa shape index (κ2) is 8.80. The van der Waals surface area contributed by atoms with Crippen LogP contribution in [0, 0.1) is 11.8 Å². The zero-order valence-corrected chi connectivity index (χ0v) is 18.4. The molecule has 0 fully saturated rings. The molecule has 124 valence electrons. The number of rotatable bonds is 6. The lowest BCUT2D eigenvalue weighted by Gasteiger charge is -2.22. The van der Waals surface area contributed by atoms with Crippen LogP contribution in [-0.4, -0.2) is 24.4 Å². The minimum Gasteiger partial charge on any atom is -0.354 e. The number of amides is 2. The van der Waals surface area contributed by atoms with E-state index in [0.717, 1.165) is 8.26 Å². The molecule has 2 amide bonds. The molecule has 2 N–H and O–H groups in total. The molecule has 0 saturated carbocycles. The van der Waals surface area contributed by atoms with E-state index in [1.54, 1.807) is 0 Å². The highest BCUT2D eigenvalue weighted by molar-refractivity contribution is 9.14. The molecule has 0 bridgehead atoms. The van der Waals surface area contributed by atoms with Crippen LogP contribution >= 0.6 is 59.1 Å². The van der Waals surface area contributed by atoms with E-state index in [4.69, 9.17) is 0 Å². The molecule has 0 aromatic carbocycles. The van der Waals surface area contributed by atoms with Gasteiger partial charge in [0.15, 0.2) is 0 Å². The maximum Gasteiger partial charge on any atom is 0.263 e. The van der Waals surface area contributed by atoms with Gasteiger partial charge in [-0.1, -0.05) is 27.7 Å². The SMILES string of the molecule is CC(C)CNC(=O)[C@@H](NC(=O)c1sc(Br)c(Br)c1Br)C(C)C. The number of thiophene rings is 1. The first-order chi connectivity index (χ1) is 10.1. The van der Waals surface area contributed by atoms with E-state index in [1.165, 1.54) is 11.3 Å². The first-order valence-corrected chi connectivity index (χ1v) is 10.1. The molecule has 1 atom stereocenters. The zero-order chi connectivity index (χ0) is 17.0. The van der Waals surface area contributed by atoms with Crippen LogP contribution in [0.5, 0.6) is 0 Å². The van der Waals surface area contributed by atoms with Crippen molar-refractivity contribution in [1.82, 2.24) is 10.6 Å². The average Bonchev–Trinajstić information content (AvgIpc) is 2.69. The molecule has 1 rings (SSSR count). The molecule has 0 aliphatic carbocycles. The fourth-order valence-corrected chi connectivity index (χ4v) is 4.66. The van der Waals surface area contributed by atoms with Crippen LogP contribution in [-0.2, 0) is 4.79 Å². The van der Waals surface area contributed by atoms with Gasteiger partial charge in [0.2, 0.25) is 5.91 Å². The van der Waals surface area contributed by atoms with Crippen molar-refractivity contribution in [2.75, 3.05) is 6.54 Å². The van der Waals surface area contributed by atoms with Crippen molar-refractivity contribution in [2.45, 2.75) is 33.7 Å². The minimum atomic E-state index is -0.558. The second-order valence-electron chi connectivity index (χ2n) is 5.67. The zero-order valence-electron chi connectivity index (χ0n) is 12.8. The second-order valence-corrected chi connectivity index (χ2v) is 9.59. The highest BCUT2D eigenvalue weighted by Gasteiger charge is 2.27. The van der Waals surface area contributed by atoms with E-state index < -0.39 is 6.04 Å². The van der Waals surface area contributed by atoms with Gasteiger partial charge in [0.05, 0.1) is 12.7 Å².